The van der Waals surface area contributed by atoms with Gasteiger partial charge in [0.1, 0.15) is 0 Å². The third-order valence-electron chi connectivity index (χ3n) is 4.10. The summed E-state index contributed by atoms with van der Waals surface area (Å²) in [5.74, 6) is 0. The van der Waals surface area contributed by atoms with Crippen LogP contribution in [-0.4, -0.2) is 82.5 Å². The Bertz CT molecular complexity index is 210. The van der Waals surface area contributed by atoms with E-state index in [1.807, 2.05) is 0 Å². The Kier molecular flexibility index (Phi) is 7.11. The van der Waals surface area contributed by atoms with Crippen LogP contribution in [-0.2, 0) is 9.47 Å². The number of hydrogen-bond acceptors (Lipinski definition) is 5. The van der Waals surface area contributed by atoms with Gasteiger partial charge in [-0.15, -0.1) is 0 Å². The van der Waals surface area contributed by atoms with Gasteiger partial charge >= 0.3 is 0 Å². The van der Waals surface area contributed by atoms with Gasteiger partial charge in [0.25, 0.3) is 0 Å². The van der Waals surface area contributed by atoms with Crippen molar-refractivity contribution in [2.75, 3.05) is 67.2 Å². The van der Waals surface area contributed by atoms with E-state index in [0.29, 0.717) is 6.54 Å². The molecule has 1 rings (SSSR count). The molecule has 1 heterocycles. The summed E-state index contributed by atoms with van der Waals surface area (Å²) < 4.78 is 10.4. The van der Waals surface area contributed by atoms with Gasteiger partial charge in [-0.1, -0.05) is 0 Å². The van der Waals surface area contributed by atoms with E-state index in [9.17, 15) is 0 Å². The number of methoxy groups -OCH3 is 2. The highest BCUT2D eigenvalue weighted by Gasteiger charge is 2.37. The fourth-order valence-corrected chi connectivity index (χ4v) is 2.67. The zero-order valence-electron chi connectivity index (χ0n) is 12.2. The van der Waals surface area contributed by atoms with E-state index in [1.165, 1.54) is 0 Å². The minimum Gasteiger partial charge on any atom is -0.383 e. The molecular weight excluding hydrogens is 230 g/mol. The molecule has 0 amide bonds. The van der Waals surface area contributed by atoms with Gasteiger partial charge < -0.3 is 20.1 Å². The van der Waals surface area contributed by atoms with Gasteiger partial charge in [-0.25, -0.2) is 0 Å². The van der Waals surface area contributed by atoms with Crippen molar-refractivity contribution in [1.29, 1.82) is 0 Å². The van der Waals surface area contributed by atoms with Crippen molar-refractivity contribution in [3.63, 3.8) is 0 Å². The quantitative estimate of drug-likeness (QED) is 0.665. The van der Waals surface area contributed by atoms with Gasteiger partial charge in [0.05, 0.1) is 13.2 Å². The molecule has 1 saturated heterocycles. The fraction of sp³-hybridized carbons (Fsp3) is 1.00. The Hall–Kier alpha value is -0.200. The molecule has 5 nitrogen and oxygen atoms in total. The summed E-state index contributed by atoms with van der Waals surface area (Å²) in [7, 11) is 5.67. The van der Waals surface area contributed by atoms with Crippen molar-refractivity contribution in [1.82, 2.24) is 9.80 Å². The predicted octanol–water partition coefficient (Wildman–Crippen LogP) is 0.00430. The van der Waals surface area contributed by atoms with Crippen molar-refractivity contribution < 1.29 is 9.47 Å². The Morgan fingerprint density at radius 3 is 2.00 bits per heavy atom. The van der Waals surface area contributed by atoms with Crippen LogP contribution in [0.1, 0.15) is 12.8 Å². The molecule has 2 N–H and O–H groups in total. The van der Waals surface area contributed by atoms with Crippen LogP contribution in [0, 0.1) is 0 Å². The largest absolute Gasteiger partial charge is 0.383 e. The minimum absolute atomic E-state index is 0.129. The van der Waals surface area contributed by atoms with Gasteiger partial charge in [0.15, 0.2) is 0 Å². The number of rotatable bonds is 8. The molecule has 5 heteroatoms. The van der Waals surface area contributed by atoms with Crippen LogP contribution in [0.25, 0.3) is 0 Å². The Balaban J connectivity index is 2.65. The molecule has 1 aliphatic heterocycles. The second kappa shape index (κ2) is 8.07. The standard InChI is InChI=1S/C13H29N3O2/c1-15-6-4-13(12-14,5-7-15)16(8-10-17-2)9-11-18-3/h4-12,14H2,1-3H3. The van der Waals surface area contributed by atoms with E-state index in [1.54, 1.807) is 14.2 Å². The number of piperidine rings is 1. The van der Waals surface area contributed by atoms with Gasteiger partial charge in [0.2, 0.25) is 0 Å². The molecule has 0 aromatic rings. The van der Waals surface area contributed by atoms with Crippen LogP contribution in [0.3, 0.4) is 0 Å². The molecule has 0 spiro atoms. The minimum atomic E-state index is 0.129. The van der Waals surface area contributed by atoms with Crippen LogP contribution in [0.15, 0.2) is 0 Å². The monoisotopic (exact) mass is 259 g/mol. The molecule has 0 aromatic carbocycles. The van der Waals surface area contributed by atoms with E-state index in [-0.39, 0.29) is 5.54 Å². The lowest BCUT2D eigenvalue weighted by Crippen LogP contribution is -2.60. The second-order valence-electron chi connectivity index (χ2n) is 5.20. The van der Waals surface area contributed by atoms with Gasteiger partial charge in [0, 0.05) is 39.4 Å². The van der Waals surface area contributed by atoms with Gasteiger partial charge in [-0.05, 0) is 33.0 Å². The molecule has 0 saturated carbocycles. The molecule has 0 radical (unpaired) electrons. The zero-order chi connectivity index (χ0) is 13.4. The predicted molar refractivity (Wildman–Crippen MR) is 73.8 cm³/mol. The number of nitrogens with two attached hydrogens (primary N) is 1. The first kappa shape index (κ1) is 15.9. The van der Waals surface area contributed by atoms with Gasteiger partial charge in [-0.2, -0.15) is 0 Å². The topological polar surface area (TPSA) is 51.0 Å². The molecule has 18 heavy (non-hydrogen) atoms. The Morgan fingerprint density at radius 2 is 1.61 bits per heavy atom. The molecule has 0 unspecified atom stereocenters. The molecule has 0 bridgehead atoms. The first-order valence-corrected chi connectivity index (χ1v) is 6.80. The van der Waals surface area contributed by atoms with E-state index in [2.05, 4.69) is 16.8 Å². The van der Waals surface area contributed by atoms with Crippen LogP contribution < -0.4 is 5.73 Å². The second-order valence-corrected chi connectivity index (χ2v) is 5.20. The Labute approximate surface area is 111 Å². The zero-order valence-corrected chi connectivity index (χ0v) is 12.2. The summed E-state index contributed by atoms with van der Waals surface area (Å²) in [6.45, 7) is 6.32. The summed E-state index contributed by atoms with van der Waals surface area (Å²) >= 11 is 0. The van der Waals surface area contributed by atoms with Crippen LogP contribution >= 0.6 is 0 Å². The highest BCUT2D eigenvalue weighted by molar-refractivity contribution is 4.95. The normalized spacial score (nSPS) is 20.5. The highest BCUT2D eigenvalue weighted by Crippen LogP contribution is 2.27. The number of likely N-dealkylation sites (tertiary alicyclic amines) is 1. The molecular formula is C13H29N3O2. The average molecular weight is 259 g/mol. The lowest BCUT2D eigenvalue weighted by atomic mass is 9.85. The SMILES string of the molecule is COCCN(CCOC)C1(CN)CCN(C)CC1. The maximum atomic E-state index is 6.09. The van der Waals surface area contributed by atoms with Crippen molar-refractivity contribution in [3.8, 4) is 0 Å². The average Bonchev–Trinajstić information content (AvgIpc) is 2.41. The maximum absolute atomic E-state index is 6.09. The van der Waals surface area contributed by atoms with Crippen LogP contribution in [0.5, 0.6) is 0 Å². The smallest absolute Gasteiger partial charge is 0.0589 e. The van der Waals surface area contributed by atoms with Crippen molar-refractivity contribution in [2.24, 2.45) is 5.73 Å². The molecule has 1 aliphatic rings. The van der Waals surface area contributed by atoms with E-state index >= 15 is 0 Å². The van der Waals surface area contributed by atoms with Crippen molar-refractivity contribution in [3.05, 3.63) is 0 Å². The molecule has 108 valence electrons. The first-order chi connectivity index (χ1) is 8.68. The highest BCUT2D eigenvalue weighted by atomic mass is 16.5. The maximum Gasteiger partial charge on any atom is 0.0589 e. The fourth-order valence-electron chi connectivity index (χ4n) is 2.67. The van der Waals surface area contributed by atoms with Crippen LogP contribution in [0.2, 0.25) is 0 Å². The number of ether oxygens (including phenoxy) is 2. The van der Waals surface area contributed by atoms with Crippen molar-refractivity contribution in [2.45, 2.75) is 18.4 Å². The summed E-state index contributed by atoms with van der Waals surface area (Å²) in [6, 6.07) is 0. The van der Waals surface area contributed by atoms with E-state index in [4.69, 9.17) is 15.2 Å². The van der Waals surface area contributed by atoms with Crippen LogP contribution in [0.4, 0.5) is 0 Å². The van der Waals surface area contributed by atoms with E-state index in [0.717, 1.165) is 52.2 Å². The summed E-state index contributed by atoms with van der Waals surface area (Å²) in [5.41, 5.74) is 6.21. The molecule has 0 aromatic heterocycles. The summed E-state index contributed by atoms with van der Waals surface area (Å²) in [5, 5.41) is 0. The molecule has 0 atom stereocenters. The first-order valence-electron chi connectivity index (χ1n) is 6.80. The third-order valence-corrected chi connectivity index (χ3v) is 4.10. The Morgan fingerprint density at radius 1 is 1.11 bits per heavy atom. The van der Waals surface area contributed by atoms with Crippen molar-refractivity contribution >= 4 is 0 Å². The molecule has 0 aliphatic carbocycles. The lowest BCUT2D eigenvalue weighted by Gasteiger charge is -2.48. The number of hydrogen-bond donors (Lipinski definition) is 1. The molecule has 1 fully saturated rings. The van der Waals surface area contributed by atoms with Gasteiger partial charge in [-0.3, -0.25) is 4.90 Å². The lowest BCUT2D eigenvalue weighted by molar-refractivity contribution is 0.00170. The van der Waals surface area contributed by atoms with E-state index < -0.39 is 0 Å². The summed E-state index contributed by atoms with van der Waals surface area (Å²) in [6.07, 6.45) is 2.26. The third kappa shape index (κ3) is 4.17. The summed E-state index contributed by atoms with van der Waals surface area (Å²) in [4.78, 5) is 4.84. The number of nitrogens with zero attached hydrogens (tertiary/aromatic N) is 2.